The van der Waals surface area contributed by atoms with Gasteiger partial charge in [-0.15, -0.1) is 0 Å². The highest BCUT2D eigenvalue weighted by atomic mass is 16.5. The van der Waals surface area contributed by atoms with E-state index < -0.39 is 0 Å². The van der Waals surface area contributed by atoms with E-state index >= 15 is 0 Å². The van der Waals surface area contributed by atoms with E-state index in [0.29, 0.717) is 12.0 Å². The van der Waals surface area contributed by atoms with Crippen molar-refractivity contribution < 1.29 is 4.74 Å². The number of hydrogen-bond donors (Lipinski definition) is 0. The maximum absolute atomic E-state index is 5.54. The molecule has 1 aliphatic rings. The highest BCUT2D eigenvalue weighted by Crippen LogP contribution is 2.37. The maximum atomic E-state index is 5.54. The van der Waals surface area contributed by atoms with E-state index in [1.54, 1.807) is 7.11 Å². The summed E-state index contributed by atoms with van der Waals surface area (Å²) in [6.45, 7) is 9.38. The second-order valence-electron chi connectivity index (χ2n) is 5.82. The lowest BCUT2D eigenvalue weighted by atomic mass is 9.94. The van der Waals surface area contributed by atoms with Crippen LogP contribution in [0.25, 0.3) is 0 Å². The standard InChI is InChI=1S/C16H25NO/c1-12(2)16(17-10-9-13(3)11-17)14-7-5-6-8-15(14)18-4/h5-8,12-13,16H,9-11H2,1-4H3. The quantitative estimate of drug-likeness (QED) is 0.803. The topological polar surface area (TPSA) is 12.5 Å². The Bertz CT molecular complexity index is 388. The highest BCUT2D eigenvalue weighted by molar-refractivity contribution is 5.36. The molecule has 0 amide bonds. The van der Waals surface area contributed by atoms with Gasteiger partial charge >= 0.3 is 0 Å². The number of hydrogen-bond acceptors (Lipinski definition) is 2. The molecule has 0 N–H and O–H groups in total. The molecule has 0 radical (unpaired) electrons. The summed E-state index contributed by atoms with van der Waals surface area (Å²) < 4.78 is 5.54. The van der Waals surface area contributed by atoms with Crippen molar-refractivity contribution in [1.29, 1.82) is 0 Å². The van der Waals surface area contributed by atoms with Crippen molar-refractivity contribution in [3.8, 4) is 5.75 Å². The van der Waals surface area contributed by atoms with Gasteiger partial charge in [0.2, 0.25) is 0 Å². The lowest BCUT2D eigenvalue weighted by molar-refractivity contribution is 0.184. The molecule has 1 saturated heterocycles. The molecule has 0 spiro atoms. The Labute approximate surface area is 111 Å². The van der Waals surface area contributed by atoms with Crippen LogP contribution in [-0.4, -0.2) is 25.1 Å². The third-order valence-corrected chi connectivity index (χ3v) is 3.94. The van der Waals surface area contributed by atoms with Crippen LogP contribution in [0.1, 0.15) is 38.8 Å². The Kier molecular flexibility index (Phi) is 4.28. The maximum Gasteiger partial charge on any atom is 0.123 e. The van der Waals surface area contributed by atoms with Gasteiger partial charge in [0.1, 0.15) is 5.75 Å². The fourth-order valence-electron chi connectivity index (χ4n) is 3.11. The molecule has 1 aliphatic heterocycles. The normalized spacial score (nSPS) is 22.4. The van der Waals surface area contributed by atoms with Gasteiger partial charge in [0.25, 0.3) is 0 Å². The highest BCUT2D eigenvalue weighted by Gasteiger charge is 2.30. The zero-order valence-electron chi connectivity index (χ0n) is 12.0. The molecule has 2 atom stereocenters. The first-order valence-corrected chi connectivity index (χ1v) is 7.00. The molecule has 2 heteroatoms. The Morgan fingerprint density at radius 2 is 2.00 bits per heavy atom. The fraction of sp³-hybridized carbons (Fsp3) is 0.625. The van der Waals surface area contributed by atoms with Crippen LogP contribution in [0.4, 0.5) is 0 Å². The van der Waals surface area contributed by atoms with E-state index in [9.17, 15) is 0 Å². The lowest BCUT2D eigenvalue weighted by Crippen LogP contribution is -2.30. The molecule has 2 rings (SSSR count). The molecule has 18 heavy (non-hydrogen) atoms. The van der Waals surface area contributed by atoms with Crippen LogP contribution in [0.3, 0.4) is 0 Å². The summed E-state index contributed by atoms with van der Waals surface area (Å²) in [6.07, 6.45) is 1.32. The van der Waals surface area contributed by atoms with Gasteiger partial charge in [-0.1, -0.05) is 39.0 Å². The smallest absolute Gasteiger partial charge is 0.123 e. The lowest BCUT2D eigenvalue weighted by Gasteiger charge is -2.32. The van der Waals surface area contributed by atoms with Crippen LogP contribution in [0.2, 0.25) is 0 Å². The third-order valence-electron chi connectivity index (χ3n) is 3.94. The van der Waals surface area contributed by atoms with E-state index in [0.717, 1.165) is 11.7 Å². The number of likely N-dealkylation sites (tertiary alicyclic amines) is 1. The fourth-order valence-corrected chi connectivity index (χ4v) is 3.11. The first-order valence-electron chi connectivity index (χ1n) is 7.00. The monoisotopic (exact) mass is 247 g/mol. The zero-order chi connectivity index (χ0) is 13.1. The van der Waals surface area contributed by atoms with Crippen molar-refractivity contribution in [2.75, 3.05) is 20.2 Å². The molecule has 1 aromatic carbocycles. The van der Waals surface area contributed by atoms with Gasteiger partial charge in [0.05, 0.1) is 7.11 Å². The van der Waals surface area contributed by atoms with Crippen LogP contribution < -0.4 is 4.74 Å². The van der Waals surface area contributed by atoms with Crippen molar-refractivity contribution in [2.45, 2.75) is 33.2 Å². The molecule has 0 bridgehead atoms. The van der Waals surface area contributed by atoms with Gasteiger partial charge in [-0.05, 0) is 30.9 Å². The largest absolute Gasteiger partial charge is 0.496 e. The van der Waals surface area contributed by atoms with E-state index in [-0.39, 0.29) is 0 Å². The van der Waals surface area contributed by atoms with Gasteiger partial charge in [0, 0.05) is 18.2 Å². The molecular formula is C16H25NO. The average Bonchev–Trinajstić information content (AvgIpc) is 2.76. The van der Waals surface area contributed by atoms with Gasteiger partial charge in [0.15, 0.2) is 0 Å². The van der Waals surface area contributed by atoms with Crippen LogP contribution in [-0.2, 0) is 0 Å². The predicted molar refractivity (Wildman–Crippen MR) is 75.9 cm³/mol. The molecule has 0 aromatic heterocycles. The van der Waals surface area contributed by atoms with Crippen molar-refractivity contribution in [3.05, 3.63) is 29.8 Å². The molecule has 1 aromatic rings. The molecule has 100 valence electrons. The number of nitrogens with zero attached hydrogens (tertiary/aromatic N) is 1. The summed E-state index contributed by atoms with van der Waals surface area (Å²) in [5.41, 5.74) is 1.34. The van der Waals surface area contributed by atoms with Crippen molar-refractivity contribution in [2.24, 2.45) is 11.8 Å². The molecule has 1 fully saturated rings. The van der Waals surface area contributed by atoms with Crippen LogP contribution in [0.5, 0.6) is 5.75 Å². The Hall–Kier alpha value is -1.02. The number of rotatable bonds is 4. The van der Waals surface area contributed by atoms with Gasteiger partial charge in [-0.25, -0.2) is 0 Å². The SMILES string of the molecule is COc1ccccc1C(C(C)C)N1CCC(C)C1. The minimum Gasteiger partial charge on any atom is -0.496 e. The van der Waals surface area contributed by atoms with E-state index in [2.05, 4.69) is 43.9 Å². The number of para-hydroxylation sites is 1. The first kappa shape index (κ1) is 13.4. The summed E-state index contributed by atoms with van der Waals surface area (Å²) in [5.74, 6) is 2.45. The molecule has 0 aliphatic carbocycles. The van der Waals surface area contributed by atoms with Crippen LogP contribution in [0, 0.1) is 11.8 Å². The van der Waals surface area contributed by atoms with Crippen molar-refractivity contribution in [3.63, 3.8) is 0 Å². The average molecular weight is 247 g/mol. The minimum atomic E-state index is 0.478. The molecule has 0 saturated carbocycles. The Morgan fingerprint density at radius 3 is 2.56 bits per heavy atom. The Morgan fingerprint density at radius 1 is 1.28 bits per heavy atom. The third kappa shape index (κ3) is 2.69. The summed E-state index contributed by atoms with van der Waals surface area (Å²) in [5, 5.41) is 0. The summed E-state index contributed by atoms with van der Waals surface area (Å²) in [6, 6.07) is 8.93. The first-order chi connectivity index (χ1) is 8.63. The van der Waals surface area contributed by atoms with E-state index in [1.807, 2.05) is 6.07 Å². The number of ether oxygens (including phenoxy) is 1. The molecular weight excluding hydrogens is 222 g/mol. The second-order valence-corrected chi connectivity index (χ2v) is 5.82. The predicted octanol–water partition coefficient (Wildman–Crippen LogP) is 3.73. The van der Waals surface area contributed by atoms with Crippen LogP contribution >= 0.6 is 0 Å². The molecule has 1 heterocycles. The van der Waals surface area contributed by atoms with Crippen molar-refractivity contribution in [1.82, 2.24) is 4.90 Å². The Balaban J connectivity index is 2.29. The summed E-state index contributed by atoms with van der Waals surface area (Å²) >= 11 is 0. The van der Waals surface area contributed by atoms with Crippen LogP contribution in [0.15, 0.2) is 24.3 Å². The second kappa shape index (κ2) is 5.75. The van der Waals surface area contributed by atoms with Gasteiger partial charge in [-0.3, -0.25) is 4.90 Å². The number of methoxy groups -OCH3 is 1. The molecule has 2 nitrogen and oxygen atoms in total. The minimum absolute atomic E-state index is 0.478. The summed E-state index contributed by atoms with van der Waals surface area (Å²) in [7, 11) is 1.77. The van der Waals surface area contributed by atoms with Crippen molar-refractivity contribution >= 4 is 0 Å². The van der Waals surface area contributed by atoms with Gasteiger partial charge < -0.3 is 4.74 Å². The molecule has 2 unspecified atom stereocenters. The summed E-state index contributed by atoms with van der Waals surface area (Å²) in [4.78, 5) is 2.62. The zero-order valence-corrected chi connectivity index (χ0v) is 12.0. The van der Waals surface area contributed by atoms with E-state index in [4.69, 9.17) is 4.74 Å². The number of benzene rings is 1. The van der Waals surface area contributed by atoms with E-state index in [1.165, 1.54) is 25.1 Å². The van der Waals surface area contributed by atoms with Gasteiger partial charge in [-0.2, -0.15) is 0 Å².